The summed E-state index contributed by atoms with van der Waals surface area (Å²) in [6, 6.07) is 9.03. The van der Waals surface area contributed by atoms with Gasteiger partial charge < -0.3 is 10.3 Å². The topological polar surface area (TPSA) is 62.0 Å². The van der Waals surface area contributed by atoms with Crippen molar-refractivity contribution in [2.24, 2.45) is 0 Å². The Labute approximate surface area is 125 Å². The van der Waals surface area contributed by atoms with Gasteiger partial charge in [0.05, 0.1) is 5.54 Å². The fourth-order valence-corrected chi connectivity index (χ4v) is 2.15. The van der Waals surface area contributed by atoms with Crippen LogP contribution in [-0.2, 0) is 5.54 Å². The zero-order chi connectivity index (χ0) is 14.8. The molecule has 5 heteroatoms. The van der Waals surface area contributed by atoms with Gasteiger partial charge in [-0.15, -0.1) is 0 Å². The predicted octanol–water partition coefficient (Wildman–Crippen LogP) is 2.80. The number of H-pyrrole nitrogens is 1. The molecule has 20 heavy (non-hydrogen) atoms. The highest BCUT2D eigenvalue weighted by Crippen LogP contribution is 2.22. The zero-order valence-corrected chi connectivity index (χ0v) is 12.8. The minimum Gasteiger partial charge on any atom is -0.367 e. The van der Waals surface area contributed by atoms with Crippen LogP contribution in [0.25, 0.3) is 0 Å². The minimum absolute atomic E-state index is 0.109. The first kappa shape index (κ1) is 14.5. The van der Waals surface area contributed by atoms with Gasteiger partial charge in [-0.1, -0.05) is 28.1 Å². The molecule has 0 unspecified atom stereocenters. The highest BCUT2D eigenvalue weighted by molar-refractivity contribution is 9.10. The first-order valence-electron chi connectivity index (χ1n) is 6.16. The Morgan fingerprint density at radius 1 is 1.20 bits per heavy atom. The molecule has 0 aliphatic heterocycles. The van der Waals surface area contributed by atoms with Crippen LogP contribution in [0.1, 0.15) is 29.8 Å². The smallest absolute Gasteiger partial charge is 0.257 e. The Morgan fingerprint density at radius 3 is 2.45 bits per heavy atom. The standard InChI is InChI=1S/C15H15BrN2O2/c1-15(2,10-3-5-11(16)6-4-10)18-14(20)12-9-17-8-7-13(12)19/h3-9H,1-2H3,(H,17,19)(H,18,20). The molecule has 104 valence electrons. The summed E-state index contributed by atoms with van der Waals surface area (Å²) in [7, 11) is 0. The van der Waals surface area contributed by atoms with E-state index in [-0.39, 0.29) is 16.9 Å². The molecule has 0 aliphatic rings. The van der Waals surface area contributed by atoms with Crippen molar-refractivity contribution in [3.05, 3.63) is 68.5 Å². The Morgan fingerprint density at radius 2 is 1.85 bits per heavy atom. The van der Waals surface area contributed by atoms with E-state index in [1.165, 1.54) is 18.5 Å². The summed E-state index contributed by atoms with van der Waals surface area (Å²) in [5.74, 6) is -0.389. The van der Waals surface area contributed by atoms with E-state index in [1.807, 2.05) is 38.1 Å². The SMILES string of the molecule is CC(C)(NC(=O)c1c[nH]ccc1=O)c1ccc(Br)cc1. The maximum Gasteiger partial charge on any atom is 0.257 e. The van der Waals surface area contributed by atoms with Crippen LogP contribution >= 0.6 is 15.9 Å². The average Bonchev–Trinajstić information content (AvgIpc) is 2.39. The van der Waals surface area contributed by atoms with Crippen molar-refractivity contribution in [2.75, 3.05) is 0 Å². The fourth-order valence-electron chi connectivity index (χ4n) is 1.88. The molecule has 0 bridgehead atoms. The van der Waals surface area contributed by atoms with Gasteiger partial charge in [0.2, 0.25) is 0 Å². The summed E-state index contributed by atoms with van der Waals surface area (Å²) in [5, 5.41) is 2.87. The second kappa shape index (κ2) is 5.63. The number of amides is 1. The Bertz CT molecular complexity index is 675. The number of carbonyl (C=O) groups excluding carboxylic acids is 1. The number of pyridine rings is 1. The van der Waals surface area contributed by atoms with E-state index < -0.39 is 5.54 Å². The van der Waals surface area contributed by atoms with Crippen molar-refractivity contribution in [3.8, 4) is 0 Å². The number of aromatic amines is 1. The van der Waals surface area contributed by atoms with Crippen molar-refractivity contribution >= 4 is 21.8 Å². The normalized spacial score (nSPS) is 11.2. The van der Waals surface area contributed by atoms with Gasteiger partial charge in [0.25, 0.3) is 5.91 Å². The number of aromatic nitrogens is 1. The van der Waals surface area contributed by atoms with Crippen molar-refractivity contribution < 1.29 is 4.79 Å². The van der Waals surface area contributed by atoms with Crippen molar-refractivity contribution in [1.82, 2.24) is 10.3 Å². The van der Waals surface area contributed by atoms with Gasteiger partial charge in [0.1, 0.15) is 5.56 Å². The monoisotopic (exact) mass is 334 g/mol. The lowest BCUT2D eigenvalue weighted by molar-refractivity contribution is 0.0910. The van der Waals surface area contributed by atoms with Crippen LogP contribution in [0.3, 0.4) is 0 Å². The zero-order valence-electron chi connectivity index (χ0n) is 11.2. The first-order chi connectivity index (χ1) is 9.40. The summed E-state index contributed by atoms with van der Waals surface area (Å²) in [6.07, 6.45) is 2.91. The molecule has 1 aromatic carbocycles. The van der Waals surface area contributed by atoms with Gasteiger partial charge in [0.15, 0.2) is 5.43 Å². The number of halogens is 1. The van der Waals surface area contributed by atoms with Gasteiger partial charge in [-0.05, 0) is 31.5 Å². The summed E-state index contributed by atoms with van der Waals surface area (Å²) < 4.78 is 0.975. The van der Waals surface area contributed by atoms with Crippen LogP contribution < -0.4 is 10.7 Å². The molecule has 0 aliphatic carbocycles. The molecule has 2 aromatic rings. The summed E-state index contributed by atoms with van der Waals surface area (Å²) in [6.45, 7) is 3.79. The second-order valence-electron chi connectivity index (χ2n) is 5.01. The highest BCUT2D eigenvalue weighted by Gasteiger charge is 2.24. The summed E-state index contributed by atoms with van der Waals surface area (Å²) in [5.41, 5.74) is 0.201. The van der Waals surface area contributed by atoms with E-state index in [4.69, 9.17) is 0 Å². The minimum atomic E-state index is -0.569. The van der Waals surface area contributed by atoms with E-state index in [2.05, 4.69) is 26.2 Å². The largest absolute Gasteiger partial charge is 0.367 e. The van der Waals surface area contributed by atoms with Crippen LogP contribution in [0.15, 0.2) is 52.0 Å². The van der Waals surface area contributed by atoms with Gasteiger partial charge in [0, 0.05) is 22.9 Å². The quantitative estimate of drug-likeness (QED) is 0.906. The molecule has 0 saturated carbocycles. The molecular formula is C15H15BrN2O2. The van der Waals surface area contributed by atoms with Crippen molar-refractivity contribution in [3.63, 3.8) is 0 Å². The maximum atomic E-state index is 12.2. The van der Waals surface area contributed by atoms with E-state index >= 15 is 0 Å². The number of rotatable bonds is 3. The second-order valence-corrected chi connectivity index (χ2v) is 5.92. The van der Waals surface area contributed by atoms with Gasteiger partial charge in [-0.2, -0.15) is 0 Å². The third-order valence-electron chi connectivity index (χ3n) is 3.06. The third kappa shape index (κ3) is 3.17. The highest BCUT2D eigenvalue weighted by atomic mass is 79.9. The first-order valence-corrected chi connectivity index (χ1v) is 6.95. The van der Waals surface area contributed by atoms with Crippen LogP contribution in [0.4, 0.5) is 0 Å². The Hall–Kier alpha value is -1.88. The van der Waals surface area contributed by atoms with E-state index in [1.54, 1.807) is 0 Å². The molecule has 2 N–H and O–H groups in total. The number of hydrogen-bond donors (Lipinski definition) is 2. The molecule has 0 spiro atoms. The molecule has 1 heterocycles. The number of carbonyl (C=O) groups is 1. The van der Waals surface area contributed by atoms with E-state index in [0.717, 1.165) is 10.0 Å². The van der Waals surface area contributed by atoms with Crippen LogP contribution in [0.5, 0.6) is 0 Å². The molecular weight excluding hydrogens is 320 g/mol. The molecule has 2 rings (SSSR count). The molecule has 0 atom stereocenters. The van der Waals surface area contributed by atoms with Crippen LogP contribution in [0.2, 0.25) is 0 Å². The maximum absolute atomic E-state index is 12.2. The number of nitrogens with one attached hydrogen (secondary N) is 2. The van der Waals surface area contributed by atoms with E-state index in [0.29, 0.717) is 0 Å². The molecule has 1 aromatic heterocycles. The van der Waals surface area contributed by atoms with Crippen molar-refractivity contribution in [1.29, 1.82) is 0 Å². The predicted molar refractivity (Wildman–Crippen MR) is 81.7 cm³/mol. The summed E-state index contributed by atoms with van der Waals surface area (Å²) >= 11 is 3.38. The molecule has 1 amide bonds. The third-order valence-corrected chi connectivity index (χ3v) is 3.59. The lowest BCUT2D eigenvalue weighted by atomic mass is 9.94. The Balaban J connectivity index is 2.24. The van der Waals surface area contributed by atoms with Crippen LogP contribution in [-0.4, -0.2) is 10.9 Å². The molecule has 0 saturated heterocycles. The lowest BCUT2D eigenvalue weighted by Gasteiger charge is -2.27. The van der Waals surface area contributed by atoms with E-state index in [9.17, 15) is 9.59 Å². The summed E-state index contributed by atoms with van der Waals surface area (Å²) in [4.78, 5) is 26.6. The molecule has 0 fully saturated rings. The number of hydrogen-bond acceptors (Lipinski definition) is 2. The van der Waals surface area contributed by atoms with Crippen molar-refractivity contribution in [2.45, 2.75) is 19.4 Å². The van der Waals surface area contributed by atoms with Gasteiger partial charge >= 0.3 is 0 Å². The molecule has 4 nitrogen and oxygen atoms in total. The molecule has 0 radical (unpaired) electrons. The van der Waals surface area contributed by atoms with Crippen LogP contribution in [0, 0.1) is 0 Å². The van der Waals surface area contributed by atoms with Gasteiger partial charge in [-0.3, -0.25) is 9.59 Å². The number of benzene rings is 1. The fraction of sp³-hybridized carbons (Fsp3) is 0.200. The van der Waals surface area contributed by atoms with Gasteiger partial charge in [-0.25, -0.2) is 0 Å². The Kier molecular flexibility index (Phi) is 4.09. The average molecular weight is 335 g/mol. The lowest BCUT2D eigenvalue weighted by Crippen LogP contribution is -2.42.